The van der Waals surface area contributed by atoms with Crippen molar-refractivity contribution in [1.82, 2.24) is 0 Å². The molecule has 0 aliphatic heterocycles. The molecular weight excluding hydrogens is 284 g/mol. The molecule has 1 heteroatoms. The molecule has 0 spiro atoms. The molecule has 1 aliphatic rings. The maximum atomic E-state index is 4.07. The zero-order valence-corrected chi connectivity index (χ0v) is 12.1. The van der Waals surface area contributed by atoms with Crippen molar-refractivity contribution >= 4 is 15.9 Å². The van der Waals surface area contributed by atoms with E-state index in [1.807, 2.05) is 0 Å². The summed E-state index contributed by atoms with van der Waals surface area (Å²) in [5, 5.41) is 0. The fourth-order valence-electron chi connectivity index (χ4n) is 2.76. The molecule has 0 amide bonds. The van der Waals surface area contributed by atoms with E-state index in [1.54, 1.807) is 0 Å². The van der Waals surface area contributed by atoms with E-state index in [4.69, 9.17) is 0 Å². The van der Waals surface area contributed by atoms with Gasteiger partial charge in [0.15, 0.2) is 0 Å². The maximum Gasteiger partial charge on any atom is 0.0178 e. The van der Waals surface area contributed by atoms with Gasteiger partial charge in [0.2, 0.25) is 0 Å². The fraction of sp³-hybridized carbons (Fsp3) is 0.235. The quantitative estimate of drug-likeness (QED) is 0.622. The highest BCUT2D eigenvalue weighted by Gasteiger charge is 2.18. The lowest BCUT2D eigenvalue weighted by molar-refractivity contribution is 0.719. The normalized spacial score (nSPS) is 12.7. The maximum absolute atomic E-state index is 4.07. The summed E-state index contributed by atoms with van der Waals surface area (Å²) in [7, 11) is 0. The molecule has 0 fully saturated rings. The van der Waals surface area contributed by atoms with Gasteiger partial charge in [-0.15, -0.1) is 0 Å². The molecule has 0 saturated carbocycles. The van der Waals surface area contributed by atoms with E-state index < -0.39 is 0 Å². The Morgan fingerprint density at radius 3 is 2.50 bits per heavy atom. The van der Waals surface area contributed by atoms with Gasteiger partial charge in [-0.3, -0.25) is 0 Å². The van der Waals surface area contributed by atoms with Crippen LogP contribution in [0.3, 0.4) is 0 Å². The molecule has 91 valence electrons. The average Bonchev–Trinajstić information content (AvgIpc) is 2.64. The fourth-order valence-corrected chi connectivity index (χ4v) is 3.17. The third kappa shape index (κ3) is 2.12. The molecule has 1 aliphatic carbocycles. The smallest absolute Gasteiger partial charge is 0.0178 e. The number of benzene rings is 2. The third-order valence-electron chi connectivity index (χ3n) is 3.49. The van der Waals surface area contributed by atoms with Gasteiger partial charge in [0.1, 0.15) is 0 Å². The first-order valence-electron chi connectivity index (χ1n) is 6.37. The summed E-state index contributed by atoms with van der Waals surface area (Å²) in [5.74, 6) is 0.473. The Morgan fingerprint density at radius 1 is 1.11 bits per heavy atom. The minimum absolute atomic E-state index is 0.473. The minimum atomic E-state index is 0.473. The van der Waals surface area contributed by atoms with Gasteiger partial charge in [-0.2, -0.15) is 0 Å². The van der Waals surface area contributed by atoms with Crippen molar-refractivity contribution in [2.45, 2.75) is 19.8 Å². The van der Waals surface area contributed by atoms with Gasteiger partial charge in [-0.05, 0) is 58.7 Å². The predicted molar refractivity (Wildman–Crippen MR) is 80.6 cm³/mol. The van der Waals surface area contributed by atoms with Crippen LogP contribution in [0.2, 0.25) is 0 Å². The number of hydrogen-bond acceptors (Lipinski definition) is 0. The monoisotopic (exact) mass is 299 g/mol. The van der Waals surface area contributed by atoms with E-state index in [-0.39, 0.29) is 0 Å². The molecule has 1 unspecified atom stereocenters. The second kappa shape index (κ2) is 4.55. The van der Waals surface area contributed by atoms with Crippen molar-refractivity contribution in [2.24, 2.45) is 5.92 Å². The lowest BCUT2D eigenvalue weighted by Gasteiger charge is -2.07. The number of fused-ring (bicyclic) bond motifs is 3. The molecule has 0 heterocycles. The van der Waals surface area contributed by atoms with Crippen molar-refractivity contribution in [3.63, 3.8) is 0 Å². The van der Waals surface area contributed by atoms with E-state index in [9.17, 15) is 0 Å². The highest BCUT2D eigenvalue weighted by atomic mass is 79.9. The van der Waals surface area contributed by atoms with Crippen molar-refractivity contribution in [3.05, 3.63) is 64.5 Å². The van der Waals surface area contributed by atoms with Crippen molar-refractivity contribution in [2.75, 3.05) is 0 Å². The number of hydrogen-bond donors (Lipinski definition) is 0. The summed E-state index contributed by atoms with van der Waals surface area (Å²) in [5.41, 5.74) is 7.09. The van der Waals surface area contributed by atoms with Gasteiger partial charge >= 0.3 is 0 Å². The highest BCUT2D eigenvalue weighted by Crippen LogP contribution is 2.38. The molecule has 3 rings (SSSR count). The molecule has 2 aromatic carbocycles. The lowest BCUT2D eigenvalue weighted by Crippen LogP contribution is -1.95. The molecule has 18 heavy (non-hydrogen) atoms. The summed E-state index contributed by atoms with van der Waals surface area (Å²) in [6, 6.07) is 13.4. The molecule has 0 saturated heterocycles. The Morgan fingerprint density at radius 2 is 1.78 bits per heavy atom. The Balaban J connectivity index is 2.01. The predicted octanol–water partition coefficient (Wildman–Crippen LogP) is 5.03. The van der Waals surface area contributed by atoms with E-state index in [1.165, 1.54) is 32.3 Å². The molecule has 0 bridgehead atoms. The Bertz CT molecular complexity index is 597. The molecular formula is C17H16Br. The summed E-state index contributed by atoms with van der Waals surface area (Å²) in [4.78, 5) is 0. The van der Waals surface area contributed by atoms with Crippen molar-refractivity contribution in [3.8, 4) is 11.1 Å². The zero-order chi connectivity index (χ0) is 12.7. The Hall–Kier alpha value is -1.08. The molecule has 1 radical (unpaired) electrons. The Kier molecular flexibility index (Phi) is 3.03. The van der Waals surface area contributed by atoms with Crippen LogP contribution in [-0.4, -0.2) is 0 Å². The topological polar surface area (TPSA) is 0 Å². The van der Waals surface area contributed by atoms with Gasteiger partial charge in [0.05, 0.1) is 0 Å². The SMILES string of the molecule is [CH2]C(C)Cc1ccc2c(c1)Cc1cc(Br)ccc1-2. The number of halogens is 1. The Labute approximate surface area is 117 Å². The van der Waals surface area contributed by atoms with E-state index in [2.05, 4.69) is 66.2 Å². The molecule has 2 aromatic rings. The zero-order valence-electron chi connectivity index (χ0n) is 10.5. The third-order valence-corrected chi connectivity index (χ3v) is 3.99. The largest absolute Gasteiger partial charge is 0.0622 e. The van der Waals surface area contributed by atoms with Gasteiger partial charge in [0, 0.05) is 4.47 Å². The lowest BCUT2D eigenvalue weighted by atomic mass is 9.98. The first-order valence-corrected chi connectivity index (χ1v) is 7.16. The average molecular weight is 300 g/mol. The van der Waals surface area contributed by atoms with E-state index in [0.29, 0.717) is 5.92 Å². The second-order valence-electron chi connectivity index (χ2n) is 5.28. The minimum Gasteiger partial charge on any atom is -0.0622 e. The molecule has 0 aromatic heterocycles. The van der Waals surface area contributed by atoms with Gasteiger partial charge in [0.25, 0.3) is 0 Å². The van der Waals surface area contributed by atoms with Crippen LogP contribution in [0.15, 0.2) is 40.9 Å². The highest BCUT2D eigenvalue weighted by molar-refractivity contribution is 9.10. The second-order valence-corrected chi connectivity index (χ2v) is 6.19. The van der Waals surface area contributed by atoms with Crippen LogP contribution in [0.5, 0.6) is 0 Å². The standard InChI is InChI=1S/C17H16Br/c1-11(2)7-12-3-5-16-13(8-12)9-14-10-15(18)4-6-17(14)16/h3-6,8,10-11H,1,7,9H2,2H3. The van der Waals surface area contributed by atoms with Crippen LogP contribution in [0.25, 0.3) is 11.1 Å². The summed E-state index contributed by atoms with van der Waals surface area (Å²) < 4.78 is 1.17. The van der Waals surface area contributed by atoms with E-state index in [0.717, 1.165) is 12.8 Å². The van der Waals surface area contributed by atoms with Crippen LogP contribution in [0.4, 0.5) is 0 Å². The van der Waals surface area contributed by atoms with Crippen LogP contribution < -0.4 is 0 Å². The van der Waals surface area contributed by atoms with Crippen molar-refractivity contribution < 1.29 is 0 Å². The molecule has 1 atom stereocenters. The van der Waals surface area contributed by atoms with Gasteiger partial charge in [-0.25, -0.2) is 0 Å². The van der Waals surface area contributed by atoms with E-state index >= 15 is 0 Å². The van der Waals surface area contributed by atoms with Gasteiger partial charge in [-0.1, -0.05) is 54.0 Å². The molecule has 0 nitrogen and oxygen atoms in total. The first-order chi connectivity index (χ1) is 8.63. The van der Waals surface area contributed by atoms with Crippen molar-refractivity contribution in [1.29, 1.82) is 0 Å². The van der Waals surface area contributed by atoms with Crippen LogP contribution in [0.1, 0.15) is 23.6 Å². The van der Waals surface area contributed by atoms with Crippen LogP contribution >= 0.6 is 15.9 Å². The van der Waals surface area contributed by atoms with Gasteiger partial charge < -0.3 is 0 Å². The summed E-state index contributed by atoms with van der Waals surface area (Å²) in [6.45, 7) is 6.24. The van der Waals surface area contributed by atoms with Crippen LogP contribution in [0, 0.1) is 12.8 Å². The molecule has 0 N–H and O–H groups in total. The summed E-state index contributed by atoms with van der Waals surface area (Å²) >= 11 is 3.55. The number of rotatable bonds is 2. The van der Waals surface area contributed by atoms with Crippen LogP contribution in [-0.2, 0) is 12.8 Å². The first kappa shape index (κ1) is 12.0. The summed E-state index contributed by atoms with van der Waals surface area (Å²) in [6.07, 6.45) is 2.12.